The zero-order valence-electron chi connectivity index (χ0n) is 18.0. The van der Waals surface area contributed by atoms with Crippen LogP contribution in [-0.2, 0) is 6.42 Å². The molecule has 0 aliphatic rings. The van der Waals surface area contributed by atoms with Gasteiger partial charge in [-0.15, -0.1) is 0 Å². The van der Waals surface area contributed by atoms with Crippen LogP contribution in [0.3, 0.4) is 0 Å². The highest BCUT2D eigenvalue weighted by Gasteiger charge is 2.21. The van der Waals surface area contributed by atoms with Gasteiger partial charge in [-0.3, -0.25) is 4.79 Å². The number of hydrogen-bond donors (Lipinski definition) is 4. The molecule has 2 aromatic carbocycles. The molecule has 5 aromatic rings. The van der Waals surface area contributed by atoms with Crippen molar-refractivity contribution < 1.29 is 5.11 Å². The van der Waals surface area contributed by atoms with Crippen LogP contribution in [0.5, 0.6) is 0 Å². The van der Waals surface area contributed by atoms with Crippen molar-refractivity contribution in [1.29, 1.82) is 0 Å². The van der Waals surface area contributed by atoms with Crippen molar-refractivity contribution in [3.8, 4) is 22.8 Å². The number of anilines is 1. The molecule has 0 spiro atoms. The number of hydrogen-bond acceptors (Lipinski definition) is 6. The molecular formula is C24H23N7O2. The van der Waals surface area contributed by atoms with E-state index in [1.807, 2.05) is 49.4 Å². The van der Waals surface area contributed by atoms with E-state index in [-0.39, 0.29) is 17.9 Å². The Morgan fingerprint density at radius 1 is 1.06 bits per heavy atom. The zero-order valence-corrected chi connectivity index (χ0v) is 18.0. The van der Waals surface area contributed by atoms with E-state index < -0.39 is 0 Å². The molecule has 5 rings (SSSR count). The van der Waals surface area contributed by atoms with Gasteiger partial charge >= 0.3 is 0 Å². The lowest BCUT2D eigenvalue weighted by molar-refractivity contribution is 0.290. The molecule has 3 aromatic heterocycles. The van der Waals surface area contributed by atoms with Crippen LogP contribution in [-0.4, -0.2) is 48.3 Å². The molecule has 0 radical (unpaired) electrons. The van der Waals surface area contributed by atoms with E-state index >= 15 is 0 Å². The molecule has 0 atom stereocenters. The molecular weight excluding hydrogens is 418 g/mol. The molecule has 9 heteroatoms. The zero-order chi connectivity index (χ0) is 22.8. The summed E-state index contributed by atoms with van der Waals surface area (Å²) in [7, 11) is 0. The fourth-order valence-corrected chi connectivity index (χ4v) is 3.96. The minimum Gasteiger partial charge on any atom is -0.376 e. The molecule has 0 fully saturated rings. The van der Waals surface area contributed by atoms with Gasteiger partial charge in [0, 0.05) is 24.5 Å². The summed E-state index contributed by atoms with van der Waals surface area (Å²) in [4.78, 5) is 37.0. The molecule has 0 bridgehead atoms. The van der Waals surface area contributed by atoms with Gasteiger partial charge in [0.05, 0.1) is 17.4 Å². The van der Waals surface area contributed by atoms with E-state index in [0.29, 0.717) is 24.6 Å². The van der Waals surface area contributed by atoms with E-state index in [0.717, 1.165) is 33.5 Å². The van der Waals surface area contributed by atoms with Crippen molar-refractivity contribution in [3.05, 3.63) is 82.7 Å². The predicted octanol–water partition coefficient (Wildman–Crippen LogP) is 3.01. The highest BCUT2D eigenvalue weighted by Crippen LogP contribution is 2.29. The second-order valence-corrected chi connectivity index (χ2v) is 7.78. The number of nitrogens with zero attached hydrogens (tertiary/aromatic N) is 4. The van der Waals surface area contributed by atoms with E-state index in [1.165, 1.54) is 6.33 Å². The molecule has 4 N–H and O–H groups in total. The van der Waals surface area contributed by atoms with Crippen LogP contribution >= 0.6 is 0 Å². The Labute approximate surface area is 189 Å². The molecule has 0 aliphatic carbocycles. The van der Waals surface area contributed by atoms with Crippen molar-refractivity contribution in [3.63, 3.8) is 0 Å². The molecule has 3 heterocycles. The van der Waals surface area contributed by atoms with Crippen molar-refractivity contribution in [2.24, 2.45) is 0 Å². The van der Waals surface area contributed by atoms with E-state index in [9.17, 15) is 9.90 Å². The summed E-state index contributed by atoms with van der Waals surface area (Å²) >= 11 is 0. The molecule has 0 amide bonds. The Balaban J connectivity index is 1.55. The Hall–Kier alpha value is -4.24. The van der Waals surface area contributed by atoms with Gasteiger partial charge in [0.25, 0.3) is 5.56 Å². The average Bonchev–Trinajstić information content (AvgIpc) is 3.51. The minimum absolute atomic E-state index is 0.280. The first-order chi connectivity index (χ1) is 16.1. The topological polar surface area (TPSA) is 127 Å². The van der Waals surface area contributed by atoms with Gasteiger partial charge < -0.3 is 25.0 Å². The second kappa shape index (κ2) is 8.71. The smallest absolute Gasteiger partial charge is 0.263 e. The van der Waals surface area contributed by atoms with Crippen molar-refractivity contribution in [2.75, 3.05) is 18.2 Å². The first kappa shape index (κ1) is 20.7. The van der Waals surface area contributed by atoms with Crippen LogP contribution < -0.4 is 10.5 Å². The van der Waals surface area contributed by atoms with Gasteiger partial charge in [0.2, 0.25) is 0 Å². The minimum atomic E-state index is -0.332. The summed E-state index contributed by atoms with van der Waals surface area (Å²) in [5.41, 5.74) is 4.49. The van der Waals surface area contributed by atoms with E-state index in [4.69, 9.17) is 4.98 Å². The third kappa shape index (κ3) is 4.01. The number of benzene rings is 2. The number of imidazole rings is 2. The van der Waals surface area contributed by atoms with Crippen LogP contribution in [0.25, 0.3) is 33.8 Å². The monoisotopic (exact) mass is 441 g/mol. The summed E-state index contributed by atoms with van der Waals surface area (Å²) in [5, 5.41) is 10.1. The van der Waals surface area contributed by atoms with E-state index in [2.05, 4.69) is 24.9 Å². The maximum Gasteiger partial charge on any atom is 0.263 e. The molecule has 0 unspecified atom stereocenters. The Morgan fingerprint density at radius 3 is 2.67 bits per heavy atom. The Kier molecular flexibility index (Phi) is 5.45. The summed E-state index contributed by atoms with van der Waals surface area (Å²) in [6.07, 6.45) is 5.51. The first-order valence-corrected chi connectivity index (χ1v) is 10.6. The van der Waals surface area contributed by atoms with Crippen molar-refractivity contribution in [2.45, 2.75) is 13.3 Å². The number of fused-ring (bicyclic) bond motifs is 1. The van der Waals surface area contributed by atoms with Gasteiger partial charge in [0.15, 0.2) is 0 Å². The number of aliphatic hydroxyl groups is 1. The van der Waals surface area contributed by atoms with Crippen LogP contribution in [0.2, 0.25) is 0 Å². The summed E-state index contributed by atoms with van der Waals surface area (Å²) in [6.45, 7) is 2.18. The van der Waals surface area contributed by atoms with Gasteiger partial charge in [-0.25, -0.2) is 15.0 Å². The van der Waals surface area contributed by atoms with Crippen LogP contribution in [0.15, 0.2) is 66.0 Å². The van der Waals surface area contributed by atoms with Crippen molar-refractivity contribution in [1.82, 2.24) is 29.9 Å². The van der Waals surface area contributed by atoms with Crippen LogP contribution in [0.4, 0.5) is 5.82 Å². The number of nitrogens with one attached hydrogen (secondary N) is 3. The standard InChI is InChI=1S/C24H23N7O2/c1-15-11-17(21-25-8-9-26-21)12-18-20(15)30-22(29-18)19-23(27-13-28-24(19)33)31(14-32)10-7-16-5-3-2-4-6-16/h2-6,8-9,11-13,32H,7,10,14H2,1H3,(H,25,26)(H,29,30)(H,27,28,33). The molecule has 166 valence electrons. The van der Waals surface area contributed by atoms with Gasteiger partial charge in [0.1, 0.15) is 29.8 Å². The number of rotatable bonds is 7. The maximum atomic E-state index is 12.9. The third-order valence-corrected chi connectivity index (χ3v) is 5.60. The lowest BCUT2D eigenvalue weighted by Crippen LogP contribution is -2.30. The second-order valence-electron chi connectivity index (χ2n) is 7.78. The molecule has 0 saturated heterocycles. The molecule has 0 aliphatic heterocycles. The SMILES string of the molecule is Cc1cc(-c2ncc[nH]2)cc2[nH]c(-c3c(N(CO)CCc4ccccc4)nc[nH]c3=O)nc12. The fraction of sp³-hybridized carbons (Fsp3) is 0.167. The van der Waals surface area contributed by atoms with Crippen molar-refractivity contribution >= 4 is 16.9 Å². The fourth-order valence-electron chi connectivity index (χ4n) is 3.96. The van der Waals surface area contributed by atoms with Gasteiger partial charge in [-0.1, -0.05) is 30.3 Å². The Bertz CT molecular complexity index is 1440. The summed E-state index contributed by atoms with van der Waals surface area (Å²) in [5.74, 6) is 1.52. The highest BCUT2D eigenvalue weighted by atomic mass is 16.3. The predicted molar refractivity (Wildman–Crippen MR) is 127 cm³/mol. The highest BCUT2D eigenvalue weighted by molar-refractivity contribution is 5.87. The quantitative estimate of drug-likeness (QED) is 0.288. The molecule has 9 nitrogen and oxygen atoms in total. The summed E-state index contributed by atoms with van der Waals surface area (Å²) in [6, 6.07) is 13.9. The third-order valence-electron chi connectivity index (χ3n) is 5.60. The van der Waals surface area contributed by atoms with Gasteiger partial charge in [-0.05, 0) is 36.6 Å². The molecule has 33 heavy (non-hydrogen) atoms. The number of aromatic amines is 3. The first-order valence-electron chi connectivity index (χ1n) is 10.6. The summed E-state index contributed by atoms with van der Waals surface area (Å²) < 4.78 is 0. The van der Waals surface area contributed by atoms with Crippen LogP contribution in [0, 0.1) is 6.92 Å². The largest absolute Gasteiger partial charge is 0.376 e. The number of aryl methyl sites for hydroxylation is 1. The maximum absolute atomic E-state index is 12.9. The Morgan fingerprint density at radius 2 is 1.91 bits per heavy atom. The normalized spacial score (nSPS) is 11.2. The lowest BCUT2D eigenvalue weighted by Gasteiger charge is -2.22. The number of aliphatic hydroxyl groups excluding tert-OH is 1. The lowest BCUT2D eigenvalue weighted by atomic mass is 10.1. The molecule has 0 saturated carbocycles. The number of aromatic nitrogens is 6. The van der Waals surface area contributed by atoms with Gasteiger partial charge in [-0.2, -0.15) is 0 Å². The average molecular weight is 441 g/mol. The van der Waals surface area contributed by atoms with Crippen LogP contribution in [0.1, 0.15) is 11.1 Å². The van der Waals surface area contributed by atoms with E-state index in [1.54, 1.807) is 17.3 Å². The number of H-pyrrole nitrogens is 3.